The first-order chi connectivity index (χ1) is 9.81. The van der Waals surface area contributed by atoms with E-state index >= 15 is 0 Å². The van der Waals surface area contributed by atoms with Gasteiger partial charge in [0.2, 0.25) is 0 Å². The second-order valence-electron chi connectivity index (χ2n) is 8.24. The van der Waals surface area contributed by atoms with Gasteiger partial charge in [0.1, 0.15) is 0 Å². The van der Waals surface area contributed by atoms with Crippen LogP contribution in [0.25, 0.3) is 0 Å². The average molecular weight is 337 g/mol. The molecule has 21 heavy (non-hydrogen) atoms. The van der Waals surface area contributed by atoms with Crippen molar-refractivity contribution in [3.05, 3.63) is 0 Å². The summed E-state index contributed by atoms with van der Waals surface area (Å²) in [5.41, 5.74) is 0. The summed E-state index contributed by atoms with van der Waals surface area (Å²) in [6, 6.07) is 0. The van der Waals surface area contributed by atoms with Crippen LogP contribution in [0, 0.1) is 0 Å². The standard InChI is InChI=1S/C19H42ClP/c1-5-6-7-8-9-10-11-12-13-14-15-16-17-18-19-21(2,3,4)20/h5-19H2,1-4H3. The van der Waals surface area contributed by atoms with Crippen molar-refractivity contribution >= 4 is 17.2 Å². The molecule has 0 saturated carbocycles. The van der Waals surface area contributed by atoms with Crippen LogP contribution in [0.4, 0.5) is 0 Å². The summed E-state index contributed by atoms with van der Waals surface area (Å²) in [7, 11) is 0. The van der Waals surface area contributed by atoms with Crippen LogP contribution < -0.4 is 0 Å². The minimum absolute atomic E-state index is 1.26. The number of halogens is 1. The first kappa shape index (κ1) is 21.7. The van der Waals surface area contributed by atoms with Crippen LogP contribution >= 0.6 is 17.2 Å². The van der Waals surface area contributed by atoms with Crippen molar-refractivity contribution in [2.75, 3.05) is 26.2 Å². The fraction of sp³-hybridized carbons (Fsp3) is 1.00. The molecule has 130 valence electrons. The molecule has 0 bridgehead atoms. The Morgan fingerprint density at radius 3 is 1.10 bits per heavy atom. The molecule has 0 amide bonds. The van der Waals surface area contributed by atoms with Gasteiger partial charge in [-0.15, -0.1) is 0 Å². The summed E-state index contributed by atoms with van der Waals surface area (Å²) >= 11 is 6.57. The zero-order valence-corrected chi connectivity index (χ0v) is 17.1. The van der Waals surface area contributed by atoms with Gasteiger partial charge in [-0.3, -0.25) is 0 Å². The predicted molar refractivity (Wildman–Crippen MR) is 106 cm³/mol. The Morgan fingerprint density at radius 2 is 0.810 bits per heavy atom. The van der Waals surface area contributed by atoms with E-state index in [9.17, 15) is 0 Å². The average Bonchev–Trinajstić information content (AvgIpc) is 2.37. The van der Waals surface area contributed by atoms with E-state index in [2.05, 4.69) is 26.9 Å². The van der Waals surface area contributed by atoms with Crippen molar-refractivity contribution in [1.82, 2.24) is 0 Å². The molecule has 0 unspecified atom stereocenters. The maximum absolute atomic E-state index is 6.57. The van der Waals surface area contributed by atoms with Crippen LogP contribution in [0.2, 0.25) is 0 Å². The normalized spacial score (nSPS) is 14.0. The van der Waals surface area contributed by atoms with Gasteiger partial charge in [-0.2, -0.15) is 0 Å². The Kier molecular flexibility index (Phi) is 12.6. The zero-order valence-electron chi connectivity index (χ0n) is 15.4. The van der Waals surface area contributed by atoms with Gasteiger partial charge >= 0.3 is 114 Å². The van der Waals surface area contributed by atoms with E-state index in [1.807, 2.05) is 0 Å². The van der Waals surface area contributed by atoms with Crippen LogP contribution in [0.1, 0.15) is 96.8 Å². The fourth-order valence-corrected chi connectivity index (χ4v) is 4.49. The summed E-state index contributed by atoms with van der Waals surface area (Å²) in [4.78, 5) is 0. The molecule has 0 saturated heterocycles. The molecular formula is C19H42ClP. The van der Waals surface area contributed by atoms with Crippen molar-refractivity contribution in [3.63, 3.8) is 0 Å². The SMILES string of the molecule is CCCCCCCCCCCCCCCCP(C)(C)(C)Cl. The van der Waals surface area contributed by atoms with Gasteiger partial charge < -0.3 is 0 Å². The van der Waals surface area contributed by atoms with Gasteiger partial charge in [-0.05, 0) is 0 Å². The molecule has 0 atom stereocenters. The molecule has 0 aliphatic rings. The van der Waals surface area contributed by atoms with Crippen molar-refractivity contribution in [2.45, 2.75) is 96.8 Å². The van der Waals surface area contributed by atoms with Crippen LogP contribution in [0.3, 0.4) is 0 Å². The third kappa shape index (κ3) is 20.7. The van der Waals surface area contributed by atoms with E-state index in [1.165, 1.54) is 96.1 Å². The van der Waals surface area contributed by atoms with E-state index in [4.69, 9.17) is 11.2 Å². The third-order valence-electron chi connectivity index (χ3n) is 4.27. The van der Waals surface area contributed by atoms with Crippen LogP contribution in [0.5, 0.6) is 0 Å². The number of unbranched alkanes of at least 4 members (excludes halogenated alkanes) is 13. The second kappa shape index (κ2) is 12.2. The zero-order chi connectivity index (χ0) is 16.1. The molecular weight excluding hydrogens is 295 g/mol. The van der Waals surface area contributed by atoms with Gasteiger partial charge in [0, 0.05) is 0 Å². The van der Waals surface area contributed by atoms with Crippen LogP contribution in [-0.4, -0.2) is 26.2 Å². The molecule has 0 nitrogen and oxygen atoms in total. The van der Waals surface area contributed by atoms with E-state index in [1.54, 1.807) is 0 Å². The van der Waals surface area contributed by atoms with E-state index in [0.717, 1.165) is 0 Å². The summed E-state index contributed by atoms with van der Waals surface area (Å²) in [6.45, 7) is 9.11. The van der Waals surface area contributed by atoms with Gasteiger partial charge in [0.25, 0.3) is 0 Å². The predicted octanol–water partition coefficient (Wildman–Crippen LogP) is 8.06. The fourth-order valence-electron chi connectivity index (χ4n) is 2.84. The summed E-state index contributed by atoms with van der Waals surface area (Å²) < 4.78 is 0. The second-order valence-corrected chi connectivity index (χ2v) is 18.3. The third-order valence-corrected chi connectivity index (χ3v) is 6.60. The summed E-state index contributed by atoms with van der Waals surface area (Å²) in [6.07, 6.45) is 21.3. The molecule has 0 fully saturated rings. The molecule has 0 aliphatic heterocycles. The van der Waals surface area contributed by atoms with Crippen LogP contribution in [0.15, 0.2) is 0 Å². The van der Waals surface area contributed by atoms with Crippen molar-refractivity contribution in [1.29, 1.82) is 0 Å². The molecule has 0 aromatic carbocycles. The molecule has 0 aliphatic carbocycles. The molecule has 0 spiro atoms. The molecule has 0 aromatic rings. The Balaban J connectivity index is 3.10. The van der Waals surface area contributed by atoms with Gasteiger partial charge in [0.05, 0.1) is 0 Å². The maximum atomic E-state index is 6.57. The molecule has 0 aromatic heterocycles. The van der Waals surface area contributed by atoms with Crippen LogP contribution in [-0.2, 0) is 0 Å². The molecule has 0 heterocycles. The first-order valence-electron chi connectivity index (χ1n) is 9.53. The van der Waals surface area contributed by atoms with Gasteiger partial charge in [-0.1, -0.05) is 26.2 Å². The number of hydrogen-bond donors (Lipinski definition) is 0. The monoisotopic (exact) mass is 336 g/mol. The molecule has 0 rings (SSSR count). The Hall–Kier alpha value is 0.720. The molecule has 2 heteroatoms. The molecule has 0 radical (unpaired) electrons. The van der Waals surface area contributed by atoms with E-state index in [0.29, 0.717) is 0 Å². The van der Waals surface area contributed by atoms with E-state index < -0.39 is 5.96 Å². The summed E-state index contributed by atoms with van der Waals surface area (Å²) in [5.74, 6) is -1.74. The Labute approximate surface area is 140 Å². The van der Waals surface area contributed by atoms with E-state index in [-0.39, 0.29) is 0 Å². The van der Waals surface area contributed by atoms with Gasteiger partial charge in [-0.25, -0.2) is 0 Å². The summed E-state index contributed by atoms with van der Waals surface area (Å²) in [5, 5.41) is 0. The first-order valence-corrected chi connectivity index (χ1v) is 14.2. The Morgan fingerprint density at radius 1 is 0.524 bits per heavy atom. The van der Waals surface area contributed by atoms with Crippen molar-refractivity contribution in [3.8, 4) is 0 Å². The Bertz CT molecular complexity index is 220. The van der Waals surface area contributed by atoms with Crippen molar-refractivity contribution < 1.29 is 0 Å². The topological polar surface area (TPSA) is 0 Å². The molecule has 0 N–H and O–H groups in total. The minimum atomic E-state index is -1.74. The number of rotatable bonds is 15. The quantitative estimate of drug-likeness (QED) is 0.209. The number of hydrogen-bond acceptors (Lipinski definition) is 0. The van der Waals surface area contributed by atoms with Gasteiger partial charge in [0.15, 0.2) is 0 Å². The van der Waals surface area contributed by atoms with Crippen molar-refractivity contribution in [2.24, 2.45) is 0 Å².